The molecule has 1 heterocycles. The molecule has 0 aliphatic heterocycles. The van der Waals surface area contributed by atoms with Crippen LogP contribution in [0.3, 0.4) is 0 Å². The Labute approximate surface area is 180 Å². The van der Waals surface area contributed by atoms with E-state index in [4.69, 9.17) is 4.74 Å². The van der Waals surface area contributed by atoms with Gasteiger partial charge in [0, 0.05) is 13.1 Å². The summed E-state index contributed by atoms with van der Waals surface area (Å²) in [6, 6.07) is 20.6. The monoisotopic (exact) mass is 439 g/mol. The van der Waals surface area contributed by atoms with Crippen molar-refractivity contribution < 1.29 is 13.2 Å². The van der Waals surface area contributed by atoms with Crippen molar-refractivity contribution in [2.24, 2.45) is 0 Å². The first-order valence-electron chi connectivity index (χ1n) is 9.38. The molecule has 30 heavy (non-hydrogen) atoms. The Morgan fingerprint density at radius 1 is 0.900 bits per heavy atom. The molecular weight excluding hydrogens is 418 g/mol. The van der Waals surface area contributed by atoms with Crippen LogP contribution in [0, 0.1) is 6.92 Å². The van der Waals surface area contributed by atoms with Gasteiger partial charge >= 0.3 is 0 Å². The zero-order valence-electron chi connectivity index (χ0n) is 16.6. The molecule has 1 aromatic heterocycles. The smallest absolute Gasteiger partial charge is 0.246 e. The maximum Gasteiger partial charge on any atom is 0.246 e. The largest absolute Gasteiger partial charge is 0.497 e. The van der Waals surface area contributed by atoms with Crippen LogP contribution in [0.5, 0.6) is 5.75 Å². The molecule has 0 saturated carbocycles. The van der Waals surface area contributed by atoms with Crippen LogP contribution >= 0.6 is 11.7 Å². The molecule has 0 aliphatic carbocycles. The van der Waals surface area contributed by atoms with Crippen LogP contribution in [0.1, 0.15) is 16.7 Å². The van der Waals surface area contributed by atoms with E-state index in [9.17, 15) is 8.42 Å². The highest BCUT2D eigenvalue weighted by Gasteiger charge is 2.30. The van der Waals surface area contributed by atoms with Gasteiger partial charge in [-0.25, -0.2) is 8.42 Å². The molecule has 4 rings (SSSR count). The molecule has 6 nitrogen and oxygen atoms in total. The van der Waals surface area contributed by atoms with Gasteiger partial charge < -0.3 is 4.74 Å². The quantitative estimate of drug-likeness (QED) is 0.427. The van der Waals surface area contributed by atoms with Gasteiger partial charge in [0.2, 0.25) is 10.0 Å². The minimum Gasteiger partial charge on any atom is -0.497 e. The van der Waals surface area contributed by atoms with Gasteiger partial charge in [-0.3, -0.25) is 0 Å². The fourth-order valence-electron chi connectivity index (χ4n) is 3.33. The van der Waals surface area contributed by atoms with Crippen LogP contribution in [0.4, 0.5) is 0 Å². The SMILES string of the molecule is COc1ccc(CN(Cc2ccccc2)S(=O)(=O)c2c(C)ccc3nsnc23)cc1. The zero-order valence-corrected chi connectivity index (χ0v) is 18.3. The average molecular weight is 440 g/mol. The van der Waals surface area contributed by atoms with E-state index < -0.39 is 10.0 Å². The number of aryl methyl sites for hydroxylation is 1. The van der Waals surface area contributed by atoms with Gasteiger partial charge in [-0.1, -0.05) is 48.5 Å². The minimum atomic E-state index is -3.83. The standard InChI is InChI=1S/C22H21N3O3S2/c1-16-8-13-20-21(24-29-23-20)22(16)30(26,27)25(14-17-6-4-3-5-7-17)15-18-9-11-19(28-2)12-10-18/h3-13H,14-15H2,1-2H3. The number of benzene rings is 3. The van der Waals surface area contributed by atoms with Gasteiger partial charge in [0.05, 0.1) is 18.8 Å². The molecule has 0 amide bonds. The summed E-state index contributed by atoms with van der Waals surface area (Å²) < 4.78 is 42.9. The molecule has 8 heteroatoms. The Morgan fingerprint density at radius 2 is 1.57 bits per heavy atom. The van der Waals surface area contributed by atoms with E-state index in [0.717, 1.165) is 28.6 Å². The molecule has 3 aromatic carbocycles. The van der Waals surface area contributed by atoms with Crippen molar-refractivity contribution in [3.63, 3.8) is 0 Å². The van der Waals surface area contributed by atoms with Crippen LogP contribution in [-0.2, 0) is 23.1 Å². The van der Waals surface area contributed by atoms with Crippen LogP contribution in [0.15, 0.2) is 71.6 Å². The summed E-state index contributed by atoms with van der Waals surface area (Å²) in [7, 11) is -2.23. The third-order valence-electron chi connectivity index (χ3n) is 4.90. The van der Waals surface area contributed by atoms with Crippen LogP contribution in [0.2, 0.25) is 0 Å². The molecule has 0 aliphatic rings. The topological polar surface area (TPSA) is 72.4 Å². The number of nitrogens with zero attached hydrogens (tertiary/aromatic N) is 3. The second kappa shape index (κ2) is 8.51. The fourth-order valence-corrected chi connectivity index (χ4v) is 5.70. The number of aromatic nitrogens is 2. The molecule has 0 radical (unpaired) electrons. The van der Waals surface area contributed by atoms with Crippen LogP contribution < -0.4 is 4.74 Å². The first kappa shape index (κ1) is 20.5. The second-order valence-corrected chi connectivity index (χ2v) is 9.35. The predicted octanol–water partition coefficient (Wildman–Crippen LogP) is 4.40. The Bertz CT molecular complexity index is 1250. The zero-order chi connectivity index (χ0) is 21.1. The second-order valence-electron chi connectivity index (χ2n) is 6.95. The molecule has 0 unspecified atom stereocenters. The van der Waals surface area contributed by atoms with Crippen LogP contribution in [0.25, 0.3) is 11.0 Å². The summed E-state index contributed by atoms with van der Waals surface area (Å²) in [5.74, 6) is 0.727. The third kappa shape index (κ3) is 4.07. The molecule has 0 N–H and O–H groups in total. The Morgan fingerprint density at radius 3 is 2.23 bits per heavy atom. The van der Waals surface area contributed by atoms with Crippen LogP contribution in [-0.4, -0.2) is 28.6 Å². The molecule has 0 bridgehead atoms. The number of sulfonamides is 1. The number of hydrogen-bond donors (Lipinski definition) is 0. The molecule has 0 spiro atoms. The number of fused-ring (bicyclic) bond motifs is 1. The minimum absolute atomic E-state index is 0.221. The summed E-state index contributed by atoms with van der Waals surface area (Å²) in [6.07, 6.45) is 0. The Balaban J connectivity index is 1.78. The van der Waals surface area contributed by atoms with E-state index in [0.29, 0.717) is 16.6 Å². The summed E-state index contributed by atoms with van der Waals surface area (Å²) in [5.41, 5.74) is 3.46. The molecule has 154 valence electrons. The first-order valence-corrected chi connectivity index (χ1v) is 11.5. The summed E-state index contributed by atoms with van der Waals surface area (Å²) >= 11 is 1.02. The number of hydrogen-bond acceptors (Lipinski definition) is 6. The van der Waals surface area contributed by atoms with E-state index in [2.05, 4.69) is 8.75 Å². The van der Waals surface area contributed by atoms with E-state index >= 15 is 0 Å². The van der Waals surface area contributed by atoms with Crippen molar-refractivity contribution >= 4 is 32.8 Å². The van der Waals surface area contributed by atoms with E-state index in [1.54, 1.807) is 26.2 Å². The Kier molecular flexibility index (Phi) is 5.80. The lowest BCUT2D eigenvalue weighted by Gasteiger charge is -2.23. The number of methoxy groups -OCH3 is 1. The lowest BCUT2D eigenvalue weighted by Crippen LogP contribution is -2.31. The normalized spacial score (nSPS) is 11.8. The molecular formula is C22H21N3O3S2. The summed E-state index contributed by atoms with van der Waals surface area (Å²) in [4.78, 5) is 0.221. The van der Waals surface area contributed by atoms with Crippen molar-refractivity contribution in [3.05, 3.63) is 83.4 Å². The van der Waals surface area contributed by atoms with Crippen molar-refractivity contribution in [2.45, 2.75) is 24.9 Å². The highest BCUT2D eigenvalue weighted by Crippen LogP contribution is 2.30. The van der Waals surface area contributed by atoms with Crippen molar-refractivity contribution in [1.29, 1.82) is 0 Å². The highest BCUT2D eigenvalue weighted by atomic mass is 32.2. The lowest BCUT2D eigenvalue weighted by molar-refractivity contribution is 0.399. The number of rotatable bonds is 7. The van der Waals surface area contributed by atoms with Gasteiger partial charge in [0.15, 0.2) is 0 Å². The van der Waals surface area contributed by atoms with Gasteiger partial charge in [0.25, 0.3) is 0 Å². The Hall–Kier alpha value is -2.81. The molecule has 0 saturated heterocycles. The maximum absolute atomic E-state index is 13.8. The first-order chi connectivity index (χ1) is 14.5. The van der Waals surface area contributed by atoms with E-state index in [1.165, 1.54) is 4.31 Å². The van der Waals surface area contributed by atoms with Gasteiger partial charge in [-0.15, -0.1) is 0 Å². The van der Waals surface area contributed by atoms with Gasteiger partial charge in [-0.05, 0) is 41.8 Å². The maximum atomic E-state index is 13.8. The van der Waals surface area contributed by atoms with Gasteiger partial charge in [0.1, 0.15) is 21.7 Å². The molecule has 0 fully saturated rings. The summed E-state index contributed by atoms with van der Waals surface area (Å²) in [5, 5.41) is 0. The van der Waals surface area contributed by atoms with E-state index in [1.807, 2.05) is 54.6 Å². The average Bonchev–Trinajstić information content (AvgIpc) is 3.22. The number of ether oxygens (including phenoxy) is 1. The van der Waals surface area contributed by atoms with E-state index in [-0.39, 0.29) is 18.0 Å². The fraction of sp³-hybridized carbons (Fsp3) is 0.182. The third-order valence-corrected chi connectivity index (χ3v) is 7.41. The molecule has 0 atom stereocenters. The summed E-state index contributed by atoms with van der Waals surface area (Å²) in [6.45, 7) is 2.27. The highest BCUT2D eigenvalue weighted by molar-refractivity contribution is 7.89. The van der Waals surface area contributed by atoms with Crippen molar-refractivity contribution in [3.8, 4) is 5.75 Å². The van der Waals surface area contributed by atoms with Gasteiger partial charge in [-0.2, -0.15) is 13.1 Å². The molecule has 4 aromatic rings. The van der Waals surface area contributed by atoms with Crippen molar-refractivity contribution in [1.82, 2.24) is 13.1 Å². The lowest BCUT2D eigenvalue weighted by atomic mass is 10.2. The predicted molar refractivity (Wildman–Crippen MR) is 118 cm³/mol. The van der Waals surface area contributed by atoms with Crippen molar-refractivity contribution in [2.75, 3.05) is 7.11 Å².